The maximum atomic E-state index is 8.49. The van der Waals surface area contributed by atoms with Crippen molar-refractivity contribution < 1.29 is 6.85 Å². The van der Waals surface area contributed by atoms with E-state index in [-0.39, 0.29) is 29.7 Å². The maximum absolute atomic E-state index is 8.49. The number of hydrogen-bond donors (Lipinski definition) is 0. The minimum atomic E-state index is -0.422. The van der Waals surface area contributed by atoms with E-state index in [2.05, 4.69) is 88.0 Å². The summed E-state index contributed by atoms with van der Waals surface area (Å²) < 4.78 is 45.7. The molecule has 50 heavy (non-hydrogen) atoms. The first-order valence-electron chi connectivity index (χ1n) is 18.9. The van der Waals surface area contributed by atoms with Gasteiger partial charge in [-0.25, -0.2) is 4.98 Å². The summed E-state index contributed by atoms with van der Waals surface area (Å²) in [6.07, 6.45) is 0. The molecule has 234 valence electrons. The molecule has 0 fully saturated rings. The van der Waals surface area contributed by atoms with E-state index in [1.54, 1.807) is 12.1 Å². The lowest BCUT2D eigenvalue weighted by Gasteiger charge is -2.12. The molecule has 0 aliphatic heterocycles. The molecule has 5 heteroatoms. The van der Waals surface area contributed by atoms with Crippen molar-refractivity contribution in [3.05, 3.63) is 176 Å². The molecule has 10 rings (SSSR count). The summed E-state index contributed by atoms with van der Waals surface area (Å²) >= 11 is 0. The van der Waals surface area contributed by atoms with Crippen LogP contribution in [0.2, 0.25) is 0 Å². The standard InChI is InChI=1S/C45H29N5/c1-4-14-30(15-5-1)31-24-26-33(27-25-31)44-46-43(32-16-6-2-7-17-32)47-45(48-44)50-40-23-13-11-21-36(40)38-28-37-35-20-10-12-22-39(35)49(41(37)29-42(38)50)34-18-8-3-9-19-34/h1-29H/i1D,4D,5D,14D,15D. The molecular weight excluding hydrogens is 611 g/mol. The first kappa shape index (κ1) is 23.5. The summed E-state index contributed by atoms with van der Waals surface area (Å²) in [5.41, 5.74) is 7.30. The first-order valence-corrected chi connectivity index (χ1v) is 16.4. The van der Waals surface area contributed by atoms with Crippen molar-refractivity contribution in [3.8, 4) is 45.5 Å². The lowest BCUT2D eigenvalue weighted by atomic mass is 10.0. The summed E-state index contributed by atoms with van der Waals surface area (Å²) in [5, 5.41) is 4.46. The molecular formula is C45H29N5. The Balaban J connectivity index is 1.22. The third-order valence-corrected chi connectivity index (χ3v) is 9.27. The zero-order valence-electron chi connectivity index (χ0n) is 31.6. The molecule has 3 aromatic heterocycles. The van der Waals surface area contributed by atoms with Crippen LogP contribution in [0.15, 0.2) is 176 Å². The molecule has 0 bridgehead atoms. The van der Waals surface area contributed by atoms with Gasteiger partial charge in [-0.15, -0.1) is 0 Å². The lowest BCUT2D eigenvalue weighted by molar-refractivity contribution is 0.953. The van der Waals surface area contributed by atoms with Crippen molar-refractivity contribution in [2.75, 3.05) is 0 Å². The molecule has 0 amide bonds. The predicted octanol–water partition coefficient (Wildman–Crippen LogP) is 11.1. The molecule has 0 N–H and O–H groups in total. The SMILES string of the molecule is [2H]c1c([2H])c([2H])c(-c2ccc(-c3nc(-c4ccccc4)nc(-n4c5ccccc5c5cc6c7ccccc7n(-c7ccccc7)c6cc54)n3)cc2)c([2H])c1[2H]. The summed E-state index contributed by atoms with van der Waals surface area (Å²) in [6, 6.07) is 46.9. The van der Waals surface area contributed by atoms with Gasteiger partial charge in [0.05, 0.1) is 28.9 Å². The Kier molecular flexibility index (Phi) is 5.35. The van der Waals surface area contributed by atoms with Crippen LogP contribution in [-0.4, -0.2) is 24.1 Å². The summed E-state index contributed by atoms with van der Waals surface area (Å²) in [4.78, 5) is 15.2. The highest BCUT2D eigenvalue weighted by molar-refractivity contribution is 6.19. The Morgan fingerprint density at radius 1 is 0.380 bits per heavy atom. The molecule has 10 aromatic rings. The minimum absolute atomic E-state index is 0.142. The van der Waals surface area contributed by atoms with Crippen LogP contribution in [0.1, 0.15) is 6.85 Å². The Morgan fingerprint density at radius 2 is 0.900 bits per heavy atom. The largest absolute Gasteiger partial charge is 0.309 e. The molecule has 0 unspecified atom stereocenters. The number of para-hydroxylation sites is 3. The lowest BCUT2D eigenvalue weighted by Crippen LogP contribution is -2.06. The summed E-state index contributed by atoms with van der Waals surface area (Å²) in [5.74, 6) is 1.38. The number of nitrogens with zero attached hydrogens (tertiary/aromatic N) is 5. The topological polar surface area (TPSA) is 48.5 Å². The number of hydrogen-bond acceptors (Lipinski definition) is 3. The van der Waals surface area contributed by atoms with E-state index >= 15 is 0 Å². The number of benzene rings is 7. The van der Waals surface area contributed by atoms with Gasteiger partial charge in [-0.3, -0.25) is 4.57 Å². The average Bonchev–Trinajstić information content (AvgIpc) is 3.74. The quantitative estimate of drug-likeness (QED) is 0.187. The van der Waals surface area contributed by atoms with Crippen LogP contribution in [-0.2, 0) is 0 Å². The smallest absolute Gasteiger partial charge is 0.238 e. The molecule has 0 aliphatic carbocycles. The minimum Gasteiger partial charge on any atom is -0.309 e. The van der Waals surface area contributed by atoms with Crippen molar-refractivity contribution in [2.45, 2.75) is 0 Å². The van der Waals surface area contributed by atoms with Gasteiger partial charge >= 0.3 is 0 Å². The van der Waals surface area contributed by atoms with Crippen LogP contribution in [0.25, 0.3) is 89.2 Å². The molecule has 0 atom stereocenters. The monoisotopic (exact) mass is 644 g/mol. The second-order valence-electron chi connectivity index (χ2n) is 12.2. The van der Waals surface area contributed by atoms with E-state index in [9.17, 15) is 0 Å². The Morgan fingerprint density at radius 3 is 1.56 bits per heavy atom. The highest BCUT2D eigenvalue weighted by Gasteiger charge is 2.21. The number of rotatable bonds is 5. The van der Waals surface area contributed by atoms with Crippen molar-refractivity contribution in [1.29, 1.82) is 0 Å². The van der Waals surface area contributed by atoms with Crippen molar-refractivity contribution >= 4 is 43.6 Å². The van der Waals surface area contributed by atoms with E-state index in [0.29, 0.717) is 28.7 Å². The molecule has 0 spiro atoms. The van der Waals surface area contributed by atoms with Crippen molar-refractivity contribution in [3.63, 3.8) is 0 Å². The molecule has 0 saturated heterocycles. The van der Waals surface area contributed by atoms with Crippen LogP contribution >= 0.6 is 0 Å². The molecule has 7 aromatic carbocycles. The molecule has 5 nitrogen and oxygen atoms in total. The molecule has 3 heterocycles. The fourth-order valence-electron chi connectivity index (χ4n) is 6.99. The Bertz CT molecular complexity index is 3110. The van der Waals surface area contributed by atoms with Crippen LogP contribution in [0.3, 0.4) is 0 Å². The van der Waals surface area contributed by atoms with E-state index in [4.69, 9.17) is 21.8 Å². The van der Waals surface area contributed by atoms with Gasteiger partial charge in [0, 0.05) is 38.4 Å². The molecule has 0 radical (unpaired) electrons. The van der Waals surface area contributed by atoms with Gasteiger partial charge in [-0.05, 0) is 47.5 Å². The zero-order valence-corrected chi connectivity index (χ0v) is 26.6. The fraction of sp³-hybridized carbons (Fsp3) is 0. The highest BCUT2D eigenvalue weighted by atomic mass is 15.2. The van der Waals surface area contributed by atoms with Crippen LogP contribution < -0.4 is 0 Å². The summed E-state index contributed by atoms with van der Waals surface area (Å²) in [6.45, 7) is 0. The van der Waals surface area contributed by atoms with Gasteiger partial charge in [-0.1, -0.05) is 139 Å². The van der Waals surface area contributed by atoms with E-state index in [1.807, 2.05) is 54.6 Å². The van der Waals surface area contributed by atoms with Crippen molar-refractivity contribution in [1.82, 2.24) is 24.1 Å². The molecule has 0 saturated carbocycles. The van der Waals surface area contributed by atoms with Crippen LogP contribution in [0, 0.1) is 0 Å². The Labute approximate surface area is 295 Å². The van der Waals surface area contributed by atoms with Gasteiger partial charge in [0.1, 0.15) is 0 Å². The Hall–Kier alpha value is -6.85. The van der Waals surface area contributed by atoms with Gasteiger partial charge in [0.2, 0.25) is 5.95 Å². The van der Waals surface area contributed by atoms with Crippen LogP contribution in [0.4, 0.5) is 0 Å². The van der Waals surface area contributed by atoms with Gasteiger partial charge < -0.3 is 4.57 Å². The second-order valence-corrected chi connectivity index (χ2v) is 12.2. The normalized spacial score (nSPS) is 13.0. The second kappa shape index (κ2) is 11.4. The number of aromatic nitrogens is 5. The van der Waals surface area contributed by atoms with Crippen molar-refractivity contribution in [2.24, 2.45) is 0 Å². The van der Waals surface area contributed by atoms with Gasteiger partial charge in [0.15, 0.2) is 11.6 Å². The maximum Gasteiger partial charge on any atom is 0.238 e. The number of fused-ring (bicyclic) bond motifs is 6. The fourth-order valence-corrected chi connectivity index (χ4v) is 6.99. The van der Waals surface area contributed by atoms with E-state index in [1.165, 1.54) is 5.39 Å². The van der Waals surface area contributed by atoms with Crippen LogP contribution in [0.5, 0.6) is 0 Å². The highest BCUT2D eigenvalue weighted by Crippen LogP contribution is 2.39. The van der Waals surface area contributed by atoms with Gasteiger partial charge in [0.25, 0.3) is 0 Å². The zero-order chi connectivity index (χ0) is 37.4. The third-order valence-electron chi connectivity index (χ3n) is 9.27. The third kappa shape index (κ3) is 4.52. The first-order chi connectivity index (χ1) is 26.9. The summed E-state index contributed by atoms with van der Waals surface area (Å²) in [7, 11) is 0. The average molecular weight is 645 g/mol. The predicted molar refractivity (Wildman–Crippen MR) is 205 cm³/mol. The van der Waals surface area contributed by atoms with E-state index < -0.39 is 6.04 Å². The molecule has 0 aliphatic rings. The van der Waals surface area contributed by atoms with Gasteiger partial charge in [-0.2, -0.15) is 9.97 Å². The van der Waals surface area contributed by atoms with E-state index in [0.717, 1.165) is 49.5 Å².